The molecule has 9 rings (SSSR count). The second-order valence-electron chi connectivity index (χ2n) is 12.5. The lowest BCUT2D eigenvalue weighted by atomic mass is 9.93. The Hall–Kier alpha value is -6.22. The zero-order chi connectivity index (χ0) is 33.3. The summed E-state index contributed by atoms with van der Waals surface area (Å²) >= 11 is 1.88. The van der Waals surface area contributed by atoms with Gasteiger partial charge in [0.05, 0.1) is 0 Å². The maximum atomic E-state index is 2.39. The predicted octanol–water partition coefficient (Wildman–Crippen LogP) is 14.2. The molecule has 1 nitrogen and oxygen atoms in total. The second-order valence-corrected chi connectivity index (χ2v) is 13.6. The number of benzene rings is 8. The van der Waals surface area contributed by atoms with E-state index in [2.05, 4.69) is 205 Å². The quantitative estimate of drug-likeness (QED) is 0.165. The van der Waals surface area contributed by atoms with Gasteiger partial charge in [-0.2, -0.15) is 0 Å². The van der Waals surface area contributed by atoms with E-state index in [0.717, 1.165) is 17.1 Å². The molecular weight excluding hydrogens is 623 g/mol. The van der Waals surface area contributed by atoms with E-state index in [0.29, 0.717) is 0 Å². The fourth-order valence-electron chi connectivity index (χ4n) is 7.07. The van der Waals surface area contributed by atoms with Crippen molar-refractivity contribution < 1.29 is 0 Å². The summed E-state index contributed by atoms with van der Waals surface area (Å²) < 4.78 is 2.64. The molecule has 0 spiro atoms. The van der Waals surface area contributed by atoms with E-state index in [9.17, 15) is 0 Å². The largest absolute Gasteiger partial charge is 0.310 e. The van der Waals surface area contributed by atoms with Crippen LogP contribution in [-0.4, -0.2) is 0 Å². The van der Waals surface area contributed by atoms with Gasteiger partial charge in [0, 0.05) is 37.2 Å². The molecule has 0 unspecified atom stereocenters. The first-order valence-corrected chi connectivity index (χ1v) is 17.8. The van der Waals surface area contributed by atoms with Gasteiger partial charge < -0.3 is 4.90 Å². The molecule has 1 aromatic heterocycles. The summed E-state index contributed by atoms with van der Waals surface area (Å²) in [6.07, 6.45) is 0. The van der Waals surface area contributed by atoms with Crippen molar-refractivity contribution in [3.63, 3.8) is 0 Å². The van der Waals surface area contributed by atoms with Crippen molar-refractivity contribution in [2.24, 2.45) is 0 Å². The summed E-state index contributed by atoms with van der Waals surface area (Å²) in [6, 6.07) is 72.3. The van der Waals surface area contributed by atoms with Crippen LogP contribution in [0.5, 0.6) is 0 Å². The molecule has 0 bridgehead atoms. The van der Waals surface area contributed by atoms with Crippen LogP contribution in [0.2, 0.25) is 0 Å². The molecule has 9 aromatic rings. The van der Waals surface area contributed by atoms with E-state index in [1.165, 1.54) is 64.7 Å². The highest BCUT2D eigenvalue weighted by atomic mass is 32.1. The van der Waals surface area contributed by atoms with E-state index in [-0.39, 0.29) is 0 Å². The van der Waals surface area contributed by atoms with Gasteiger partial charge in [0.1, 0.15) is 0 Å². The molecule has 0 radical (unpaired) electrons. The summed E-state index contributed by atoms with van der Waals surface area (Å²) in [5, 5.41) is 2.63. The molecule has 0 fully saturated rings. The molecule has 0 saturated heterocycles. The lowest BCUT2D eigenvalue weighted by molar-refractivity contribution is 1.28. The first-order valence-electron chi connectivity index (χ1n) is 17.0. The smallest absolute Gasteiger partial charge is 0.0468 e. The SMILES string of the molecule is c1ccc(-c2ccc(N(c3cccc(-c4cccc5c4sc4ccccc45)c3)c3ccc(-c4ccccc4)c(-c4ccccc4)c3)cc2)cc1. The maximum absolute atomic E-state index is 2.39. The number of thiophene rings is 1. The number of hydrogen-bond donors (Lipinski definition) is 0. The van der Waals surface area contributed by atoms with Crippen LogP contribution in [0.15, 0.2) is 200 Å². The maximum Gasteiger partial charge on any atom is 0.0468 e. The highest BCUT2D eigenvalue weighted by molar-refractivity contribution is 7.26. The van der Waals surface area contributed by atoms with Gasteiger partial charge in [-0.25, -0.2) is 0 Å². The molecule has 0 atom stereocenters. The van der Waals surface area contributed by atoms with E-state index in [4.69, 9.17) is 0 Å². The molecule has 1 heterocycles. The van der Waals surface area contributed by atoms with Gasteiger partial charge in [0.25, 0.3) is 0 Å². The molecule has 236 valence electrons. The highest BCUT2D eigenvalue weighted by Crippen LogP contribution is 2.44. The van der Waals surface area contributed by atoms with E-state index in [1.54, 1.807) is 0 Å². The Balaban J connectivity index is 1.22. The summed E-state index contributed by atoms with van der Waals surface area (Å²) in [4.78, 5) is 2.39. The first-order chi connectivity index (χ1) is 24.8. The third-order valence-corrected chi connectivity index (χ3v) is 10.7. The van der Waals surface area contributed by atoms with Crippen molar-refractivity contribution in [2.45, 2.75) is 0 Å². The van der Waals surface area contributed by atoms with Crippen LogP contribution in [0.4, 0.5) is 17.1 Å². The molecule has 50 heavy (non-hydrogen) atoms. The number of rotatable bonds is 7. The number of nitrogens with zero attached hydrogens (tertiary/aromatic N) is 1. The predicted molar refractivity (Wildman–Crippen MR) is 216 cm³/mol. The molecule has 0 aliphatic heterocycles. The summed E-state index contributed by atoms with van der Waals surface area (Å²) in [5.41, 5.74) is 13.0. The Morgan fingerprint density at radius 2 is 0.840 bits per heavy atom. The summed E-state index contributed by atoms with van der Waals surface area (Å²) in [7, 11) is 0. The van der Waals surface area contributed by atoms with Crippen LogP contribution < -0.4 is 4.90 Å². The van der Waals surface area contributed by atoms with Crippen molar-refractivity contribution in [3.8, 4) is 44.5 Å². The lowest BCUT2D eigenvalue weighted by Gasteiger charge is -2.27. The van der Waals surface area contributed by atoms with E-state index >= 15 is 0 Å². The summed E-state index contributed by atoms with van der Waals surface area (Å²) in [5.74, 6) is 0. The molecule has 0 aliphatic rings. The Morgan fingerprint density at radius 1 is 0.300 bits per heavy atom. The molecule has 0 N–H and O–H groups in total. The standard InChI is InChI=1S/C48H33NS/c1-4-14-34(15-5-1)35-26-28-39(29-27-35)49(41-30-31-42(36-16-6-2-7-17-36)46(33-41)37-18-8-3-9-19-37)40-21-12-20-38(32-40)43-23-13-24-45-44-22-10-11-25-47(44)50-48(43)45/h1-33H. The first kappa shape index (κ1) is 29.9. The van der Waals surface area contributed by atoms with Crippen LogP contribution in [0, 0.1) is 0 Å². The minimum atomic E-state index is 1.10. The molecule has 2 heteroatoms. The minimum Gasteiger partial charge on any atom is -0.310 e. The van der Waals surface area contributed by atoms with Crippen molar-refractivity contribution >= 4 is 48.6 Å². The Kier molecular flexibility index (Phi) is 7.77. The van der Waals surface area contributed by atoms with Gasteiger partial charge in [0.15, 0.2) is 0 Å². The van der Waals surface area contributed by atoms with Gasteiger partial charge in [-0.15, -0.1) is 11.3 Å². The molecule has 0 saturated carbocycles. The average Bonchev–Trinajstić information content (AvgIpc) is 3.58. The van der Waals surface area contributed by atoms with Gasteiger partial charge in [-0.3, -0.25) is 0 Å². The fraction of sp³-hybridized carbons (Fsp3) is 0. The average molecular weight is 656 g/mol. The fourth-order valence-corrected chi connectivity index (χ4v) is 8.30. The third-order valence-electron chi connectivity index (χ3n) is 9.48. The molecular formula is C48H33NS. The zero-order valence-corrected chi connectivity index (χ0v) is 28.2. The van der Waals surface area contributed by atoms with Crippen molar-refractivity contribution in [1.29, 1.82) is 0 Å². The summed E-state index contributed by atoms with van der Waals surface area (Å²) in [6.45, 7) is 0. The topological polar surface area (TPSA) is 3.24 Å². The molecule has 0 aliphatic carbocycles. The monoisotopic (exact) mass is 655 g/mol. The molecule has 8 aromatic carbocycles. The Labute approximate surface area is 297 Å². The van der Waals surface area contributed by atoms with Gasteiger partial charge in [-0.1, -0.05) is 158 Å². The van der Waals surface area contributed by atoms with Gasteiger partial charge >= 0.3 is 0 Å². The number of hydrogen-bond acceptors (Lipinski definition) is 2. The highest BCUT2D eigenvalue weighted by Gasteiger charge is 2.18. The van der Waals surface area contributed by atoms with Gasteiger partial charge in [-0.05, 0) is 87.0 Å². The van der Waals surface area contributed by atoms with Crippen molar-refractivity contribution in [2.75, 3.05) is 4.90 Å². The van der Waals surface area contributed by atoms with E-state index < -0.39 is 0 Å². The van der Waals surface area contributed by atoms with Crippen LogP contribution in [0.25, 0.3) is 64.7 Å². The van der Waals surface area contributed by atoms with Crippen LogP contribution >= 0.6 is 11.3 Å². The van der Waals surface area contributed by atoms with Crippen LogP contribution in [0.1, 0.15) is 0 Å². The normalized spacial score (nSPS) is 11.2. The Morgan fingerprint density at radius 3 is 1.58 bits per heavy atom. The Bertz CT molecular complexity index is 2570. The van der Waals surface area contributed by atoms with Crippen LogP contribution in [0.3, 0.4) is 0 Å². The second kappa shape index (κ2) is 13.0. The minimum absolute atomic E-state index is 1.10. The lowest BCUT2D eigenvalue weighted by Crippen LogP contribution is -2.10. The number of fused-ring (bicyclic) bond motifs is 3. The van der Waals surface area contributed by atoms with E-state index in [1.807, 2.05) is 11.3 Å². The van der Waals surface area contributed by atoms with Crippen molar-refractivity contribution in [1.82, 2.24) is 0 Å². The number of anilines is 3. The van der Waals surface area contributed by atoms with Crippen molar-refractivity contribution in [3.05, 3.63) is 200 Å². The third kappa shape index (κ3) is 5.56. The van der Waals surface area contributed by atoms with Gasteiger partial charge in [0.2, 0.25) is 0 Å². The molecule has 0 amide bonds. The van der Waals surface area contributed by atoms with Crippen LogP contribution in [-0.2, 0) is 0 Å². The zero-order valence-electron chi connectivity index (χ0n) is 27.4.